The van der Waals surface area contributed by atoms with Crippen LogP contribution >= 0.6 is 0 Å². The molecule has 1 heterocycles. The zero-order valence-corrected chi connectivity index (χ0v) is 17.6. The van der Waals surface area contributed by atoms with E-state index in [2.05, 4.69) is 9.97 Å². The summed E-state index contributed by atoms with van der Waals surface area (Å²) in [5.74, 6) is 0.687. The summed E-state index contributed by atoms with van der Waals surface area (Å²) in [6.07, 6.45) is 3.44. The maximum Gasteiger partial charge on any atom is 0.262 e. The molecule has 0 spiro atoms. The van der Waals surface area contributed by atoms with Crippen LogP contribution < -0.4 is 15.0 Å². The Labute approximate surface area is 178 Å². The van der Waals surface area contributed by atoms with Crippen molar-refractivity contribution in [2.75, 3.05) is 14.2 Å². The smallest absolute Gasteiger partial charge is 0.262 e. The molecule has 1 N–H and O–H groups in total. The van der Waals surface area contributed by atoms with E-state index in [1.807, 2.05) is 0 Å². The molecular weight excluding hydrogens is 399 g/mol. The Morgan fingerprint density at radius 1 is 1.06 bits per heavy atom. The molecule has 1 aromatic heterocycles. The van der Waals surface area contributed by atoms with Crippen molar-refractivity contribution in [2.24, 2.45) is 0 Å². The maximum atomic E-state index is 13.4. The van der Waals surface area contributed by atoms with E-state index in [9.17, 15) is 14.0 Å². The van der Waals surface area contributed by atoms with Crippen LogP contribution in [0.25, 0.3) is 16.5 Å². The van der Waals surface area contributed by atoms with Crippen LogP contribution in [0.4, 0.5) is 4.39 Å². The largest absolute Gasteiger partial charge is 0.497 e. The van der Waals surface area contributed by atoms with E-state index in [0.29, 0.717) is 44.9 Å². The fraction of sp³-hybridized carbons (Fsp3) is 0.208. The Kier molecular flexibility index (Phi) is 4.97. The number of Topliss-reactive ketones (excluding diaryl/α,β-unsaturated/α-hetero) is 1. The van der Waals surface area contributed by atoms with Gasteiger partial charge in [0.1, 0.15) is 28.5 Å². The van der Waals surface area contributed by atoms with Crippen LogP contribution in [0.2, 0.25) is 0 Å². The molecule has 0 radical (unpaired) electrons. The van der Waals surface area contributed by atoms with Crippen molar-refractivity contribution >= 4 is 22.3 Å². The number of ketones is 1. The first-order chi connectivity index (χ1) is 14.8. The number of benzene rings is 2. The van der Waals surface area contributed by atoms with Gasteiger partial charge >= 0.3 is 0 Å². The normalized spacial score (nSPS) is 18.5. The summed E-state index contributed by atoms with van der Waals surface area (Å²) in [6, 6.07) is 9.10. The molecule has 1 aliphatic rings. The standard InChI is InChI=1S/C24H21FN2O4/c1-13-9-14(12-24(2,21(13)28)15-5-7-16(25)8-6-15)22-26-18-10-17(30-3)11-19(31-4)20(18)23(29)27-22/h5-12H,1-4H3,(H,26,27,29). The molecule has 2 aromatic carbocycles. The number of nitrogens with one attached hydrogen (secondary N) is 1. The van der Waals surface area contributed by atoms with Crippen LogP contribution in [0.3, 0.4) is 0 Å². The second-order valence-corrected chi connectivity index (χ2v) is 7.60. The minimum atomic E-state index is -1.03. The van der Waals surface area contributed by atoms with E-state index in [1.165, 1.54) is 26.4 Å². The number of hydrogen-bond donors (Lipinski definition) is 1. The van der Waals surface area contributed by atoms with Crippen molar-refractivity contribution in [2.45, 2.75) is 19.3 Å². The van der Waals surface area contributed by atoms with Gasteiger partial charge in [-0.3, -0.25) is 9.59 Å². The number of carbonyl (C=O) groups excluding carboxylic acids is 1. The summed E-state index contributed by atoms with van der Waals surface area (Å²) < 4.78 is 24.0. The fourth-order valence-corrected chi connectivity index (χ4v) is 3.90. The van der Waals surface area contributed by atoms with Gasteiger partial charge in [0, 0.05) is 17.7 Å². The minimum Gasteiger partial charge on any atom is -0.497 e. The number of allylic oxidation sites excluding steroid dienone is 4. The van der Waals surface area contributed by atoms with E-state index in [1.54, 1.807) is 50.3 Å². The Morgan fingerprint density at radius 2 is 1.77 bits per heavy atom. The molecule has 31 heavy (non-hydrogen) atoms. The first kappa shape index (κ1) is 20.5. The summed E-state index contributed by atoms with van der Waals surface area (Å²) in [6.45, 7) is 3.48. The maximum absolute atomic E-state index is 13.4. The molecule has 0 saturated heterocycles. The second-order valence-electron chi connectivity index (χ2n) is 7.60. The number of halogens is 1. The van der Waals surface area contributed by atoms with Crippen LogP contribution in [0.15, 0.2) is 58.9 Å². The third-order valence-electron chi connectivity index (χ3n) is 5.57. The van der Waals surface area contributed by atoms with Crippen molar-refractivity contribution in [3.63, 3.8) is 0 Å². The molecule has 158 valence electrons. The highest BCUT2D eigenvalue weighted by molar-refractivity contribution is 6.09. The summed E-state index contributed by atoms with van der Waals surface area (Å²) in [7, 11) is 2.99. The highest BCUT2D eigenvalue weighted by Gasteiger charge is 2.37. The van der Waals surface area contributed by atoms with E-state index in [0.717, 1.165) is 0 Å². The SMILES string of the molecule is COc1cc(OC)c2c(=O)[nH]c(C3=CC(C)(c4ccc(F)cc4)C(=O)C(C)=C3)nc2c1. The molecule has 1 aliphatic carbocycles. The van der Waals surface area contributed by atoms with E-state index < -0.39 is 5.41 Å². The molecule has 3 aromatic rings. The van der Waals surface area contributed by atoms with Crippen molar-refractivity contribution in [3.8, 4) is 11.5 Å². The molecule has 0 fully saturated rings. The van der Waals surface area contributed by atoms with E-state index >= 15 is 0 Å². The lowest BCUT2D eigenvalue weighted by Gasteiger charge is -2.29. The number of aromatic amines is 1. The zero-order valence-electron chi connectivity index (χ0n) is 17.6. The predicted octanol–water partition coefficient (Wildman–Crippen LogP) is 3.95. The number of rotatable bonds is 4. The van der Waals surface area contributed by atoms with Gasteiger partial charge in [-0.25, -0.2) is 9.37 Å². The number of methoxy groups -OCH3 is 2. The fourth-order valence-electron chi connectivity index (χ4n) is 3.90. The second kappa shape index (κ2) is 7.50. The number of carbonyl (C=O) groups is 1. The average molecular weight is 420 g/mol. The number of aromatic nitrogens is 2. The summed E-state index contributed by atoms with van der Waals surface area (Å²) in [5.41, 5.74) is 0.756. The van der Waals surface area contributed by atoms with Crippen molar-refractivity contribution in [1.82, 2.24) is 9.97 Å². The molecule has 7 heteroatoms. The molecular formula is C24H21FN2O4. The van der Waals surface area contributed by atoms with Gasteiger partial charge in [0.05, 0.1) is 25.2 Å². The van der Waals surface area contributed by atoms with Gasteiger partial charge in [0.2, 0.25) is 0 Å². The first-order valence-corrected chi connectivity index (χ1v) is 9.65. The highest BCUT2D eigenvalue weighted by Crippen LogP contribution is 2.37. The van der Waals surface area contributed by atoms with E-state index in [-0.39, 0.29) is 17.2 Å². The lowest BCUT2D eigenvalue weighted by molar-refractivity contribution is -0.118. The number of ether oxygens (including phenoxy) is 2. The molecule has 1 unspecified atom stereocenters. The van der Waals surface area contributed by atoms with Crippen LogP contribution in [-0.4, -0.2) is 30.0 Å². The zero-order chi connectivity index (χ0) is 22.3. The van der Waals surface area contributed by atoms with Gasteiger partial charge in [-0.05, 0) is 43.2 Å². The molecule has 0 saturated carbocycles. The molecule has 0 aliphatic heterocycles. The number of hydrogen-bond acceptors (Lipinski definition) is 5. The summed E-state index contributed by atoms with van der Waals surface area (Å²) in [4.78, 5) is 33.3. The molecule has 6 nitrogen and oxygen atoms in total. The minimum absolute atomic E-state index is 0.102. The number of H-pyrrole nitrogens is 1. The average Bonchev–Trinajstić information content (AvgIpc) is 2.76. The summed E-state index contributed by atoms with van der Waals surface area (Å²) >= 11 is 0. The monoisotopic (exact) mass is 420 g/mol. The van der Waals surface area contributed by atoms with Gasteiger partial charge in [0.25, 0.3) is 5.56 Å². The molecule has 0 bridgehead atoms. The van der Waals surface area contributed by atoms with Crippen LogP contribution in [-0.2, 0) is 10.2 Å². The van der Waals surface area contributed by atoms with Gasteiger partial charge < -0.3 is 14.5 Å². The van der Waals surface area contributed by atoms with Gasteiger partial charge in [-0.2, -0.15) is 0 Å². The van der Waals surface area contributed by atoms with Gasteiger partial charge in [0.15, 0.2) is 5.78 Å². The Bertz CT molecular complexity index is 1320. The Hall–Kier alpha value is -3.74. The predicted molar refractivity (Wildman–Crippen MR) is 116 cm³/mol. The van der Waals surface area contributed by atoms with Crippen molar-refractivity contribution in [3.05, 3.63) is 81.7 Å². The first-order valence-electron chi connectivity index (χ1n) is 9.65. The topological polar surface area (TPSA) is 81.3 Å². The van der Waals surface area contributed by atoms with Crippen LogP contribution in [0.1, 0.15) is 25.2 Å². The Balaban J connectivity index is 1.93. The third kappa shape index (κ3) is 3.42. The van der Waals surface area contributed by atoms with Gasteiger partial charge in [-0.15, -0.1) is 0 Å². The lowest BCUT2D eigenvalue weighted by atomic mass is 9.72. The Morgan fingerprint density at radius 3 is 2.42 bits per heavy atom. The third-order valence-corrected chi connectivity index (χ3v) is 5.57. The number of fused-ring (bicyclic) bond motifs is 1. The van der Waals surface area contributed by atoms with Crippen LogP contribution in [0.5, 0.6) is 11.5 Å². The molecule has 0 amide bonds. The lowest BCUT2D eigenvalue weighted by Crippen LogP contribution is -2.34. The molecule has 4 rings (SSSR count). The van der Waals surface area contributed by atoms with E-state index in [4.69, 9.17) is 9.47 Å². The highest BCUT2D eigenvalue weighted by atomic mass is 19.1. The van der Waals surface area contributed by atoms with Crippen LogP contribution in [0, 0.1) is 5.82 Å². The summed E-state index contributed by atoms with van der Waals surface area (Å²) in [5, 5.41) is 0.307. The van der Waals surface area contributed by atoms with Crippen molar-refractivity contribution in [1.29, 1.82) is 0 Å². The van der Waals surface area contributed by atoms with Gasteiger partial charge in [-0.1, -0.05) is 18.2 Å². The quantitative estimate of drug-likeness (QED) is 0.691. The molecule has 1 atom stereocenters. The van der Waals surface area contributed by atoms with Crippen molar-refractivity contribution < 1.29 is 18.7 Å². The number of nitrogens with zero attached hydrogens (tertiary/aromatic N) is 1.